The van der Waals surface area contributed by atoms with Gasteiger partial charge in [-0.3, -0.25) is 0 Å². The highest BCUT2D eigenvalue weighted by Crippen LogP contribution is 2.32. The SMILES string of the molecule is CC(NCCC1CC1)C1CCC1. The van der Waals surface area contributed by atoms with Crippen molar-refractivity contribution in [2.75, 3.05) is 6.54 Å². The minimum atomic E-state index is 0.789. The zero-order valence-electron chi connectivity index (χ0n) is 8.18. The second-order valence-corrected chi connectivity index (χ2v) is 4.67. The molecule has 0 saturated heterocycles. The molecule has 0 radical (unpaired) electrons. The van der Waals surface area contributed by atoms with Gasteiger partial charge in [-0.1, -0.05) is 19.3 Å². The van der Waals surface area contributed by atoms with Crippen molar-refractivity contribution in [2.24, 2.45) is 11.8 Å². The molecule has 0 amide bonds. The van der Waals surface area contributed by atoms with Crippen molar-refractivity contribution in [3.8, 4) is 0 Å². The molecule has 0 heterocycles. The van der Waals surface area contributed by atoms with Crippen molar-refractivity contribution in [3.63, 3.8) is 0 Å². The third kappa shape index (κ3) is 2.22. The van der Waals surface area contributed by atoms with Crippen molar-refractivity contribution in [1.29, 1.82) is 0 Å². The molecule has 0 aromatic carbocycles. The monoisotopic (exact) mass is 167 g/mol. The summed E-state index contributed by atoms with van der Waals surface area (Å²) in [5.41, 5.74) is 0. The summed E-state index contributed by atoms with van der Waals surface area (Å²) in [6.07, 6.45) is 8.84. The largest absolute Gasteiger partial charge is 0.314 e. The van der Waals surface area contributed by atoms with E-state index in [0.29, 0.717) is 0 Å². The van der Waals surface area contributed by atoms with Gasteiger partial charge in [-0.2, -0.15) is 0 Å². The highest BCUT2D eigenvalue weighted by Gasteiger charge is 2.24. The Bertz CT molecular complexity index is 136. The summed E-state index contributed by atoms with van der Waals surface area (Å²) < 4.78 is 0. The third-order valence-corrected chi connectivity index (χ3v) is 3.57. The van der Waals surface area contributed by atoms with Gasteiger partial charge in [0, 0.05) is 6.04 Å². The maximum atomic E-state index is 3.66. The first-order valence-electron chi connectivity index (χ1n) is 5.59. The van der Waals surface area contributed by atoms with E-state index in [1.54, 1.807) is 0 Å². The van der Waals surface area contributed by atoms with E-state index in [4.69, 9.17) is 0 Å². The van der Waals surface area contributed by atoms with Gasteiger partial charge in [0.15, 0.2) is 0 Å². The first kappa shape index (κ1) is 8.55. The summed E-state index contributed by atoms with van der Waals surface area (Å²) in [4.78, 5) is 0. The van der Waals surface area contributed by atoms with Crippen LogP contribution in [0.15, 0.2) is 0 Å². The van der Waals surface area contributed by atoms with E-state index in [2.05, 4.69) is 12.2 Å². The average Bonchev–Trinajstić information content (AvgIpc) is 2.67. The number of hydrogen-bond donors (Lipinski definition) is 1. The van der Waals surface area contributed by atoms with Gasteiger partial charge in [-0.15, -0.1) is 0 Å². The van der Waals surface area contributed by atoms with Gasteiger partial charge < -0.3 is 5.32 Å². The van der Waals surface area contributed by atoms with Crippen molar-refractivity contribution < 1.29 is 0 Å². The zero-order valence-corrected chi connectivity index (χ0v) is 8.18. The third-order valence-electron chi connectivity index (χ3n) is 3.57. The Balaban J connectivity index is 1.52. The van der Waals surface area contributed by atoms with E-state index in [9.17, 15) is 0 Å². The number of rotatable bonds is 5. The van der Waals surface area contributed by atoms with Crippen LogP contribution in [0.5, 0.6) is 0 Å². The van der Waals surface area contributed by atoms with Crippen LogP contribution in [0.3, 0.4) is 0 Å². The Labute approximate surface area is 75.9 Å². The van der Waals surface area contributed by atoms with Crippen molar-refractivity contribution in [3.05, 3.63) is 0 Å². The van der Waals surface area contributed by atoms with E-state index >= 15 is 0 Å². The minimum Gasteiger partial charge on any atom is -0.314 e. The Morgan fingerprint density at radius 2 is 2.00 bits per heavy atom. The first-order valence-corrected chi connectivity index (χ1v) is 5.59. The Kier molecular flexibility index (Phi) is 2.69. The lowest BCUT2D eigenvalue weighted by Gasteiger charge is -2.32. The predicted molar refractivity (Wildman–Crippen MR) is 52.1 cm³/mol. The van der Waals surface area contributed by atoms with Crippen LogP contribution in [0, 0.1) is 11.8 Å². The molecule has 2 fully saturated rings. The molecule has 1 unspecified atom stereocenters. The molecule has 0 aromatic heterocycles. The molecule has 2 rings (SSSR count). The Morgan fingerprint density at radius 3 is 2.50 bits per heavy atom. The molecular formula is C11H21N. The first-order chi connectivity index (χ1) is 5.86. The summed E-state index contributed by atoms with van der Waals surface area (Å²) in [7, 11) is 0. The fourth-order valence-corrected chi connectivity index (χ4v) is 2.03. The van der Waals surface area contributed by atoms with Crippen LogP contribution in [0.2, 0.25) is 0 Å². The molecule has 1 nitrogen and oxygen atoms in total. The lowest BCUT2D eigenvalue weighted by molar-refractivity contribution is 0.240. The van der Waals surface area contributed by atoms with Gasteiger partial charge in [0.25, 0.3) is 0 Å². The molecular weight excluding hydrogens is 146 g/mol. The molecule has 70 valence electrons. The van der Waals surface area contributed by atoms with Crippen LogP contribution < -0.4 is 5.32 Å². The highest BCUT2D eigenvalue weighted by atomic mass is 14.9. The molecule has 0 spiro atoms. The summed E-state index contributed by atoms with van der Waals surface area (Å²) in [5, 5.41) is 3.66. The lowest BCUT2D eigenvalue weighted by atomic mass is 9.80. The molecule has 2 aliphatic rings. The normalized spacial score (nSPS) is 26.8. The van der Waals surface area contributed by atoms with Gasteiger partial charge in [0.2, 0.25) is 0 Å². The second kappa shape index (κ2) is 3.78. The molecule has 12 heavy (non-hydrogen) atoms. The van der Waals surface area contributed by atoms with Crippen LogP contribution in [0.25, 0.3) is 0 Å². The van der Waals surface area contributed by atoms with Crippen LogP contribution in [-0.4, -0.2) is 12.6 Å². The molecule has 2 saturated carbocycles. The van der Waals surface area contributed by atoms with Gasteiger partial charge in [-0.05, 0) is 44.6 Å². The predicted octanol–water partition coefficient (Wildman–Crippen LogP) is 2.56. The fraction of sp³-hybridized carbons (Fsp3) is 1.00. The van der Waals surface area contributed by atoms with Gasteiger partial charge in [0.05, 0.1) is 0 Å². The summed E-state index contributed by atoms with van der Waals surface area (Å²) in [6.45, 7) is 3.62. The zero-order chi connectivity index (χ0) is 8.39. The van der Waals surface area contributed by atoms with Crippen LogP contribution in [0.4, 0.5) is 0 Å². The molecule has 1 N–H and O–H groups in total. The summed E-state index contributed by atoms with van der Waals surface area (Å²) in [5.74, 6) is 2.09. The van der Waals surface area contributed by atoms with Gasteiger partial charge in [0.1, 0.15) is 0 Å². The summed E-state index contributed by atoms with van der Waals surface area (Å²) >= 11 is 0. The molecule has 0 bridgehead atoms. The smallest absolute Gasteiger partial charge is 0.00669 e. The maximum absolute atomic E-state index is 3.66. The van der Waals surface area contributed by atoms with Crippen LogP contribution in [0.1, 0.15) is 45.4 Å². The standard InChI is InChI=1S/C11H21N/c1-9(11-3-2-4-11)12-8-7-10-5-6-10/h9-12H,2-8H2,1H3. The quantitative estimate of drug-likeness (QED) is 0.663. The Hall–Kier alpha value is -0.0400. The molecule has 0 aromatic rings. The lowest BCUT2D eigenvalue weighted by Crippen LogP contribution is -2.37. The van der Waals surface area contributed by atoms with E-state index in [-0.39, 0.29) is 0 Å². The van der Waals surface area contributed by atoms with Crippen molar-refractivity contribution >= 4 is 0 Å². The van der Waals surface area contributed by atoms with E-state index < -0.39 is 0 Å². The second-order valence-electron chi connectivity index (χ2n) is 4.67. The average molecular weight is 167 g/mol. The van der Waals surface area contributed by atoms with E-state index in [1.807, 2.05) is 0 Å². The molecule has 1 atom stereocenters. The van der Waals surface area contributed by atoms with Gasteiger partial charge >= 0.3 is 0 Å². The van der Waals surface area contributed by atoms with Crippen molar-refractivity contribution in [1.82, 2.24) is 5.32 Å². The van der Waals surface area contributed by atoms with Crippen LogP contribution in [-0.2, 0) is 0 Å². The molecule has 2 aliphatic carbocycles. The maximum Gasteiger partial charge on any atom is 0.00669 e. The Morgan fingerprint density at radius 1 is 1.25 bits per heavy atom. The number of nitrogens with one attached hydrogen (secondary N) is 1. The minimum absolute atomic E-state index is 0.789. The van der Waals surface area contributed by atoms with Crippen LogP contribution >= 0.6 is 0 Å². The van der Waals surface area contributed by atoms with E-state index in [0.717, 1.165) is 17.9 Å². The molecule has 0 aliphatic heterocycles. The van der Waals surface area contributed by atoms with Gasteiger partial charge in [-0.25, -0.2) is 0 Å². The fourth-order valence-electron chi connectivity index (χ4n) is 2.03. The number of hydrogen-bond acceptors (Lipinski definition) is 1. The van der Waals surface area contributed by atoms with E-state index in [1.165, 1.54) is 45.1 Å². The molecule has 1 heteroatoms. The highest BCUT2D eigenvalue weighted by molar-refractivity contribution is 4.80. The van der Waals surface area contributed by atoms with Crippen molar-refractivity contribution in [2.45, 2.75) is 51.5 Å². The summed E-state index contributed by atoms with van der Waals surface area (Å²) in [6, 6.07) is 0.789. The topological polar surface area (TPSA) is 12.0 Å².